The zero-order valence-electron chi connectivity index (χ0n) is 16.5. The van der Waals surface area contributed by atoms with Crippen molar-refractivity contribution in [2.24, 2.45) is 0 Å². The monoisotopic (exact) mass is 362 g/mol. The van der Waals surface area contributed by atoms with Crippen LogP contribution in [0.1, 0.15) is 51.5 Å². The lowest BCUT2D eigenvalue weighted by Gasteiger charge is -2.24. The van der Waals surface area contributed by atoms with Gasteiger partial charge in [0.2, 0.25) is 5.91 Å². The number of amides is 1. The van der Waals surface area contributed by atoms with E-state index >= 15 is 0 Å². The number of nitrogens with one attached hydrogen (secondary N) is 1. The zero-order chi connectivity index (χ0) is 18.8. The number of carbonyl (C=O) groups excluding carboxylic acids is 1. The molecular weight excluding hydrogens is 328 g/mol. The molecule has 0 radical (unpaired) electrons. The Kier molecular flexibility index (Phi) is 8.92. The van der Waals surface area contributed by atoms with Crippen LogP contribution in [0.15, 0.2) is 24.3 Å². The van der Waals surface area contributed by atoms with Crippen LogP contribution in [0.4, 0.5) is 0 Å². The number of nitrogens with zero attached hydrogens (tertiary/aromatic N) is 1. The van der Waals surface area contributed by atoms with E-state index in [1.807, 2.05) is 6.07 Å². The van der Waals surface area contributed by atoms with E-state index in [4.69, 9.17) is 9.47 Å². The van der Waals surface area contributed by atoms with Crippen LogP contribution in [0.3, 0.4) is 0 Å². The first-order valence-corrected chi connectivity index (χ1v) is 9.91. The summed E-state index contributed by atoms with van der Waals surface area (Å²) in [7, 11) is 1.67. The summed E-state index contributed by atoms with van der Waals surface area (Å²) in [6.07, 6.45) is 4.96. The van der Waals surface area contributed by atoms with Gasteiger partial charge in [0.1, 0.15) is 11.9 Å². The second-order valence-corrected chi connectivity index (χ2v) is 7.10. The van der Waals surface area contributed by atoms with Gasteiger partial charge in [-0.15, -0.1) is 0 Å². The number of fused-ring (bicyclic) bond motifs is 1. The number of hydrogen-bond acceptors (Lipinski definition) is 4. The molecule has 5 heteroatoms. The van der Waals surface area contributed by atoms with Gasteiger partial charge < -0.3 is 14.8 Å². The van der Waals surface area contributed by atoms with Gasteiger partial charge in [-0.05, 0) is 25.3 Å². The first-order chi connectivity index (χ1) is 12.7. The number of ether oxygens (including phenoxy) is 2. The topological polar surface area (TPSA) is 50.8 Å². The van der Waals surface area contributed by atoms with Crippen LogP contribution in [-0.2, 0) is 16.1 Å². The fraction of sp³-hybridized carbons (Fsp3) is 0.667. The molecule has 2 rings (SSSR count). The number of benzene rings is 1. The smallest absolute Gasteiger partial charge is 0.221 e. The molecule has 0 saturated carbocycles. The molecule has 0 aromatic heterocycles. The first kappa shape index (κ1) is 20.7. The minimum atomic E-state index is 0.0949. The molecule has 0 aliphatic carbocycles. The number of para-hydroxylation sites is 1. The van der Waals surface area contributed by atoms with Crippen molar-refractivity contribution in [1.82, 2.24) is 10.2 Å². The molecule has 1 amide bonds. The lowest BCUT2D eigenvalue weighted by molar-refractivity contribution is -0.122. The fourth-order valence-electron chi connectivity index (χ4n) is 3.33. The number of hydrogen-bond donors (Lipinski definition) is 1. The van der Waals surface area contributed by atoms with Crippen LogP contribution in [0.25, 0.3) is 0 Å². The van der Waals surface area contributed by atoms with Gasteiger partial charge in [-0.3, -0.25) is 9.69 Å². The van der Waals surface area contributed by atoms with E-state index in [2.05, 4.69) is 42.3 Å². The van der Waals surface area contributed by atoms with E-state index in [0.29, 0.717) is 13.0 Å². The Morgan fingerprint density at radius 1 is 1.38 bits per heavy atom. The molecule has 1 heterocycles. The Hall–Kier alpha value is -1.59. The predicted octanol–water partition coefficient (Wildman–Crippen LogP) is 3.37. The van der Waals surface area contributed by atoms with Gasteiger partial charge in [0.15, 0.2) is 0 Å². The van der Waals surface area contributed by atoms with E-state index in [1.54, 1.807) is 7.11 Å². The van der Waals surface area contributed by atoms with Crippen molar-refractivity contribution in [3.8, 4) is 5.75 Å². The third-order valence-corrected chi connectivity index (χ3v) is 4.88. The van der Waals surface area contributed by atoms with Crippen LogP contribution in [0.5, 0.6) is 5.75 Å². The van der Waals surface area contributed by atoms with Crippen molar-refractivity contribution in [2.45, 2.75) is 64.6 Å². The lowest BCUT2D eigenvalue weighted by Crippen LogP contribution is -2.40. The second-order valence-electron chi connectivity index (χ2n) is 7.10. The molecular formula is C21H34N2O3. The SMILES string of the molecule is CCCC[C@H]1CN(CCC(=O)N[C@@H](CC)COC)Cc2ccccc2O1. The maximum atomic E-state index is 12.3. The molecule has 1 aliphatic heterocycles. The third-order valence-electron chi connectivity index (χ3n) is 4.88. The molecule has 146 valence electrons. The van der Waals surface area contributed by atoms with Gasteiger partial charge in [0.25, 0.3) is 0 Å². The summed E-state index contributed by atoms with van der Waals surface area (Å²) >= 11 is 0. The summed E-state index contributed by atoms with van der Waals surface area (Å²) < 4.78 is 11.4. The maximum absolute atomic E-state index is 12.3. The fourth-order valence-corrected chi connectivity index (χ4v) is 3.33. The average molecular weight is 363 g/mol. The van der Waals surface area contributed by atoms with Gasteiger partial charge in [0, 0.05) is 38.7 Å². The van der Waals surface area contributed by atoms with Gasteiger partial charge >= 0.3 is 0 Å². The summed E-state index contributed by atoms with van der Waals surface area (Å²) in [4.78, 5) is 14.6. The highest BCUT2D eigenvalue weighted by atomic mass is 16.5. The van der Waals surface area contributed by atoms with Gasteiger partial charge in [0.05, 0.1) is 12.6 Å². The molecule has 2 atom stereocenters. The largest absolute Gasteiger partial charge is 0.489 e. The Bertz CT molecular complexity index is 550. The maximum Gasteiger partial charge on any atom is 0.221 e. The van der Waals surface area contributed by atoms with Gasteiger partial charge in [-0.25, -0.2) is 0 Å². The molecule has 1 aromatic rings. The molecule has 1 N–H and O–H groups in total. The number of carbonyl (C=O) groups is 1. The molecule has 1 aromatic carbocycles. The van der Waals surface area contributed by atoms with Crippen molar-refractivity contribution < 1.29 is 14.3 Å². The highest BCUT2D eigenvalue weighted by Gasteiger charge is 2.23. The molecule has 0 spiro atoms. The third kappa shape index (κ3) is 6.61. The summed E-state index contributed by atoms with van der Waals surface area (Å²) in [5.74, 6) is 1.09. The van der Waals surface area contributed by atoms with Crippen molar-refractivity contribution in [1.29, 1.82) is 0 Å². The lowest BCUT2D eigenvalue weighted by atomic mass is 10.1. The molecule has 0 unspecified atom stereocenters. The summed E-state index contributed by atoms with van der Waals surface area (Å²) in [5, 5.41) is 3.07. The minimum Gasteiger partial charge on any atom is -0.489 e. The Labute approximate surface area is 158 Å². The standard InChI is InChI=1S/C21H34N2O3/c1-4-6-10-19-15-23(14-17-9-7-8-11-20(17)26-19)13-12-21(24)22-18(5-2)16-25-3/h7-9,11,18-19H,4-6,10,12-16H2,1-3H3,(H,22,24)/t18-,19-/m0/s1. The van der Waals surface area contributed by atoms with E-state index in [0.717, 1.165) is 44.6 Å². The van der Waals surface area contributed by atoms with Crippen molar-refractivity contribution >= 4 is 5.91 Å². The Morgan fingerprint density at radius 2 is 2.19 bits per heavy atom. The Balaban J connectivity index is 1.93. The van der Waals surface area contributed by atoms with Crippen molar-refractivity contribution in [3.63, 3.8) is 0 Å². The highest BCUT2D eigenvalue weighted by Crippen LogP contribution is 2.26. The quantitative estimate of drug-likeness (QED) is 0.693. The van der Waals surface area contributed by atoms with Crippen LogP contribution in [-0.4, -0.2) is 49.8 Å². The number of unbranched alkanes of at least 4 members (excludes halogenated alkanes) is 1. The molecule has 0 bridgehead atoms. The van der Waals surface area contributed by atoms with Crippen LogP contribution < -0.4 is 10.1 Å². The number of methoxy groups -OCH3 is 1. The van der Waals surface area contributed by atoms with Crippen LogP contribution in [0, 0.1) is 0 Å². The Morgan fingerprint density at radius 3 is 2.92 bits per heavy atom. The average Bonchev–Trinajstić information content (AvgIpc) is 2.83. The normalized spacial score (nSPS) is 18.5. The summed E-state index contributed by atoms with van der Waals surface area (Å²) in [6, 6.07) is 8.35. The highest BCUT2D eigenvalue weighted by molar-refractivity contribution is 5.76. The van der Waals surface area contributed by atoms with E-state index in [-0.39, 0.29) is 18.1 Å². The second kappa shape index (κ2) is 11.2. The molecule has 0 fully saturated rings. The first-order valence-electron chi connectivity index (χ1n) is 9.91. The van der Waals surface area contributed by atoms with E-state index in [1.165, 1.54) is 12.0 Å². The van der Waals surface area contributed by atoms with Crippen LogP contribution in [0.2, 0.25) is 0 Å². The summed E-state index contributed by atoms with van der Waals surface area (Å²) in [5.41, 5.74) is 1.21. The van der Waals surface area contributed by atoms with E-state index < -0.39 is 0 Å². The van der Waals surface area contributed by atoms with Crippen molar-refractivity contribution in [3.05, 3.63) is 29.8 Å². The zero-order valence-corrected chi connectivity index (χ0v) is 16.5. The predicted molar refractivity (Wildman–Crippen MR) is 104 cm³/mol. The van der Waals surface area contributed by atoms with Crippen LogP contribution >= 0.6 is 0 Å². The minimum absolute atomic E-state index is 0.0949. The van der Waals surface area contributed by atoms with Gasteiger partial charge in [-0.2, -0.15) is 0 Å². The summed E-state index contributed by atoms with van der Waals surface area (Å²) in [6.45, 7) is 7.28. The molecule has 26 heavy (non-hydrogen) atoms. The van der Waals surface area contributed by atoms with Crippen molar-refractivity contribution in [2.75, 3.05) is 26.8 Å². The van der Waals surface area contributed by atoms with E-state index in [9.17, 15) is 4.79 Å². The van der Waals surface area contributed by atoms with Gasteiger partial charge in [-0.1, -0.05) is 38.5 Å². The number of rotatable bonds is 10. The molecule has 1 aliphatic rings. The molecule has 0 saturated heterocycles. The molecule has 5 nitrogen and oxygen atoms in total.